The van der Waals surface area contributed by atoms with Crippen molar-refractivity contribution in [3.63, 3.8) is 0 Å². The highest BCUT2D eigenvalue weighted by molar-refractivity contribution is 5.79. The van der Waals surface area contributed by atoms with E-state index in [1.54, 1.807) is 24.3 Å². The number of nitrogens with one attached hydrogen (secondary N) is 1. The molecule has 0 aliphatic rings. The number of fused-ring (bicyclic) bond motifs is 1. The third-order valence-electron chi connectivity index (χ3n) is 3.54. The molecule has 8 heteroatoms. The molecule has 2 aromatic carbocycles. The number of nitro groups is 1. The standard InChI is InChI=1S/C17H13N3O5/c1-25-14-9-10(8-13(16(14)21)20(23)24)6-7-15-18-12-5-3-2-4-11(12)17(22)19-15/h2-9,21H,1H3,(H,18,19,22)/p-1/b7-6+. The normalized spacial score (nSPS) is 11.1. The number of aromatic nitrogens is 2. The molecule has 8 nitrogen and oxygen atoms in total. The zero-order valence-corrected chi connectivity index (χ0v) is 13.1. The summed E-state index contributed by atoms with van der Waals surface area (Å²) in [5, 5.41) is 23.2. The molecule has 0 radical (unpaired) electrons. The first-order chi connectivity index (χ1) is 12.0. The van der Waals surface area contributed by atoms with Crippen LogP contribution < -0.4 is 15.4 Å². The van der Waals surface area contributed by atoms with Crippen molar-refractivity contribution in [3.05, 3.63) is 68.3 Å². The van der Waals surface area contributed by atoms with Crippen LogP contribution in [0.1, 0.15) is 11.4 Å². The number of H-pyrrole nitrogens is 1. The molecule has 0 aliphatic heterocycles. The lowest BCUT2D eigenvalue weighted by molar-refractivity contribution is -0.398. The van der Waals surface area contributed by atoms with E-state index >= 15 is 0 Å². The number of para-hydroxylation sites is 1. The van der Waals surface area contributed by atoms with E-state index in [0.717, 1.165) is 6.07 Å². The molecule has 0 saturated carbocycles. The van der Waals surface area contributed by atoms with Crippen LogP contribution in [0, 0.1) is 10.1 Å². The molecule has 1 aromatic heterocycles. The smallest absolute Gasteiger partial charge is 0.266 e. The number of nitro benzene ring substituents is 1. The minimum atomic E-state index is -0.790. The van der Waals surface area contributed by atoms with Gasteiger partial charge in [0.2, 0.25) is 0 Å². The van der Waals surface area contributed by atoms with Crippen molar-refractivity contribution in [2.45, 2.75) is 0 Å². The molecule has 126 valence electrons. The van der Waals surface area contributed by atoms with Crippen LogP contribution in [0.4, 0.5) is 5.69 Å². The van der Waals surface area contributed by atoms with E-state index in [1.807, 2.05) is 0 Å². The minimum absolute atomic E-state index is 0.131. The van der Waals surface area contributed by atoms with Gasteiger partial charge in [0.05, 0.1) is 22.9 Å². The van der Waals surface area contributed by atoms with Crippen LogP contribution in [0.25, 0.3) is 23.1 Å². The highest BCUT2D eigenvalue weighted by Crippen LogP contribution is 2.34. The summed E-state index contributed by atoms with van der Waals surface area (Å²) in [7, 11) is 1.26. The van der Waals surface area contributed by atoms with Crippen LogP contribution in [0.5, 0.6) is 11.5 Å². The Morgan fingerprint density at radius 1 is 1.24 bits per heavy atom. The first-order valence-corrected chi connectivity index (χ1v) is 7.20. The Labute approximate surface area is 141 Å². The van der Waals surface area contributed by atoms with E-state index in [1.165, 1.54) is 25.3 Å². The second-order valence-corrected chi connectivity index (χ2v) is 5.13. The van der Waals surface area contributed by atoms with Gasteiger partial charge in [0.15, 0.2) is 0 Å². The molecule has 1 N–H and O–H groups in total. The topological polar surface area (TPSA) is 121 Å². The van der Waals surface area contributed by atoms with Crippen LogP contribution in [-0.4, -0.2) is 22.0 Å². The van der Waals surface area contributed by atoms with Gasteiger partial charge in [0, 0.05) is 11.8 Å². The minimum Gasteiger partial charge on any atom is -0.865 e. The molecule has 3 aromatic rings. The van der Waals surface area contributed by atoms with E-state index in [0.29, 0.717) is 16.5 Å². The number of ether oxygens (including phenoxy) is 1. The Bertz CT molecular complexity index is 1060. The molecular formula is C17H12N3O5-. The van der Waals surface area contributed by atoms with Gasteiger partial charge in [-0.1, -0.05) is 18.2 Å². The summed E-state index contributed by atoms with van der Waals surface area (Å²) in [5.41, 5.74) is 0.0333. The fourth-order valence-electron chi connectivity index (χ4n) is 2.35. The average molecular weight is 338 g/mol. The van der Waals surface area contributed by atoms with Crippen molar-refractivity contribution < 1.29 is 14.8 Å². The molecule has 0 atom stereocenters. The third kappa shape index (κ3) is 3.18. The maximum atomic E-state index is 12.0. The Kier molecular flexibility index (Phi) is 4.17. The maximum Gasteiger partial charge on any atom is 0.266 e. The van der Waals surface area contributed by atoms with Crippen LogP contribution in [-0.2, 0) is 0 Å². The first kappa shape index (κ1) is 16.2. The van der Waals surface area contributed by atoms with E-state index in [2.05, 4.69) is 9.97 Å². The Balaban J connectivity index is 2.04. The number of rotatable bonds is 4. The predicted molar refractivity (Wildman–Crippen MR) is 90.4 cm³/mol. The number of hydrogen-bond donors (Lipinski definition) is 1. The maximum absolute atomic E-state index is 12.0. The summed E-state index contributed by atoms with van der Waals surface area (Å²) in [6.45, 7) is 0. The Morgan fingerprint density at radius 2 is 2.00 bits per heavy atom. The van der Waals surface area contributed by atoms with Crippen LogP contribution in [0.3, 0.4) is 0 Å². The first-order valence-electron chi connectivity index (χ1n) is 7.20. The quantitative estimate of drug-likeness (QED) is 0.574. The number of aromatic amines is 1. The molecule has 1 heterocycles. The van der Waals surface area contributed by atoms with Crippen molar-refractivity contribution in [3.8, 4) is 11.5 Å². The third-order valence-corrected chi connectivity index (χ3v) is 3.54. The molecule has 25 heavy (non-hydrogen) atoms. The lowest BCUT2D eigenvalue weighted by atomic mass is 10.1. The van der Waals surface area contributed by atoms with Crippen molar-refractivity contribution >= 4 is 28.7 Å². The summed E-state index contributed by atoms with van der Waals surface area (Å²) in [4.78, 5) is 29.1. The van der Waals surface area contributed by atoms with Gasteiger partial charge >= 0.3 is 0 Å². The highest BCUT2D eigenvalue weighted by Gasteiger charge is 2.12. The predicted octanol–water partition coefficient (Wildman–Crippen LogP) is 2.08. The number of methoxy groups -OCH3 is 1. The van der Waals surface area contributed by atoms with E-state index < -0.39 is 16.4 Å². The molecule has 0 bridgehead atoms. The summed E-state index contributed by atoms with van der Waals surface area (Å²) in [6.07, 6.45) is 3.00. The highest BCUT2D eigenvalue weighted by atomic mass is 16.6. The molecule has 0 amide bonds. The molecule has 0 spiro atoms. The number of nitrogens with zero attached hydrogens (tertiary/aromatic N) is 2. The van der Waals surface area contributed by atoms with E-state index in [9.17, 15) is 20.0 Å². The van der Waals surface area contributed by atoms with Crippen molar-refractivity contribution in [1.29, 1.82) is 0 Å². The summed E-state index contributed by atoms with van der Waals surface area (Å²) in [6, 6.07) is 9.40. The van der Waals surface area contributed by atoms with Gasteiger partial charge in [-0.15, -0.1) is 0 Å². The van der Waals surface area contributed by atoms with Crippen molar-refractivity contribution in [2.24, 2.45) is 0 Å². The van der Waals surface area contributed by atoms with Crippen molar-refractivity contribution in [2.75, 3.05) is 7.11 Å². The molecule has 3 rings (SSSR count). The number of hydrogen-bond acceptors (Lipinski definition) is 6. The zero-order chi connectivity index (χ0) is 18.0. The van der Waals surface area contributed by atoms with E-state index in [4.69, 9.17) is 4.74 Å². The molecule has 0 saturated heterocycles. The molecule has 0 fully saturated rings. The Hall–Kier alpha value is -3.68. The fourth-order valence-corrected chi connectivity index (χ4v) is 2.35. The van der Waals surface area contributed by atoms with E-state index in [-0.39, 0.29) is 17.1 Å². The van der Waals surface area contributed by atoms with Gasteiger partial charge in [-0.05, 0) is 29.8 Å². The van der Waals surface area contributed by atoms with Crippen molar-refractivity contribution in [1.82, 2.24) is 9.97 Å². The summed E-state index contributed by atoms with van der Waals surface area (Å²) in [5.74, 6) is -0.632. The average Bonchev–Trinajstić information content (AvgIpc) is 2.60. The molecule has 0 aliphatic carbocycles. The van der Waals surface area contributed by atoms with Gasteiger partial charge < -0.3 is 14.8 Å². The summed E-state index contributed by atoms with van der Waals surface area (Å²) >= 11 is 0. The van der Waals surface area contributed by atoms with Crippen LogP contribution in [0.15, 0.2) is 41.2 Å². The van der Waals surface area contributed by atoms with Gasteiger partial charge in [0.25, 0.3) is 11.2 Å². The zero-order valence-electron chi connectivity index (χ0n) is 13.1. The fraction of sp³-hybridized carbons (Fsp3) is 0.0588. The largest absolute Gasteiger partial charge is 0.865 e. The number of benzene rings is 2. The summed E-state index contributed by atoms with van der Waals surface area (Å²) < 4.78 is 4.88. The van der Waals surface area contributed by atoms with Gasteiger partial charge in [-0.3, -0.25) is 14.9 Å². The lowest BCUT2D eigenvalue weighted by Gasteiger charge is -2.13. The SMILES string of the molecule is COc1cc(/C=C/c2nc3ccccc3c(=O)[nH]2)cc([N+](=O)[O-])c1[O-]. The van der Waals surface area contributed by atoms with Crippen LogP contribution in [0.2, 0.25) is 0 Å². The Morgan fingerprint density at radius 3 is 2.72 bits per heavy atom. The second kappa shape index (κ2) is 6.44. The second-order valence-electron chi connectivity index (χ2n) is 5.13. The molecular weight excluding hydrogens is 326 g/mol. The van der Waals surface area contributed by atoms with Crippen LogP contribution >= 0.6 is 0 Å². The molecule has 0 unspecified atom stereocenters. The lowest BCUT2D eigenvalue weighted by Crippen LogP contribution is -2.09. The van der Waals surface area contributed by atoms with Gasteiger partial charge in [-0.2, -0.15) is 0 Å². The van der Waals surface area contributed by atoms with Gasteiger partial charge in [-0.25, -0.2) is 4.98 Å². The van der Waals surface area contributed by atoms with Gasteiger partial charge in [0.1, 0.15) is 11.6 Å². The monoisotopic (exact) mass is 338 g/mol.